The molecule has 0 radical (unpaired) electrons. The van der Waals surface area contributed by atoms with Crippen molar-refractivity contribution in [2.45, 2.75) is 0 Å². The van der Waals surface area contributed by atoms with E-state index < -0.39 is 11.9 Å². The minimum absolute atomic E-state index is 0.212. The Bertz CT molecular complexity index is 486. The molecule has 1 aromatic rings. The van der Waals surface area contributed by atoms with Gasteiger partial charge in [-0.05, 0) is 18.7 Å². The molecule has 0 aromatic heterocycles. The fraction of sp³-hybridized carbons (Fsp3) is 0.214. The van der Waals surface area contributed by atoms with Crippen LogP contribution in [0.4, 0.5) is 4.79 Å². The zero-order valence-corrected chi connectivity index (χ0v) is 11.2. The number of amides is 3. The maximum Gasteiger partial charge on any atom is 0.325 e. The number of nitrogens with zero attached hydrogens (tertiary/aromatic N) is 1. The van der Waals surface area contributed by atoms with Crippen LogP contribution < -0.4 is 10.6 Å². The Morgan fingerprint density at radius 2 is 1.95 bits per heavy atom. The van der Waals surface area contributed by atoms with Crippen LogP contribution >= 0.6 is 0 Å². The molecule has 0 aliphatic heterocycles. The second-order valence-electron chi connectivity index (χ2n) is 3.87. The molecule has 1 rings (SSSR count). The van der Waals surface area contributed by atoms with E-state index in [2.05, 4.69) is 10.6 Å². The highest BCUT2D eigenvalue weighted by atomic mass is 16.2. The summed E-state index contributed by atoms with van der Waals surface area (Å²) in [6, 6.07) is 8.58. The van der Waals surface area contributed by atoms with E-state index in [4.69, 9.17) is 0 Å². The first kappa shape index (κ1) is 15.6. The summed E-state index contributed by atoms with van der Waals surface area (Å²) in [6.45, 7) is -0.0720. The lowest BCUT2D eigenvalue weighted by molar-refractivity contribution is -0.125. The van der Waals surface area contributed by atoms with Crippen molar-refractivity contribution in [1.29, 1.82) is 0 Å². The van der Waals surface area contributed by atoms with Crippen molar-refractivity contribution in [3.8, 4) is 0 Å². The number of benzene rings is 1. The summed E-state index contributed by atoms with van der Waals surface area (Å²) in [4.78, 5) is 35.0. The number of carbonyl (C=O) groups is 3. The zero-order valence-electron chi connectivity index (χ0n) is 11.2. The highest BCUT2D eigenvalue weighted by Gasteiger charge is 2.18. The van der Waals surface area contributed by atoms with E-state index in [9.17, 15) is 14.4 Å². The molecular formula is C14H17N3O3. The average Bonchev–Trinajstić information content (AvgIpc) is 2.49. The fourth-order valence-corrected chi connectivity index (χ4v) is 1.43. The summed E-state index contributed by atoms with van der Waals surface area (Å²) >= 11 is 0. The Kier molecular flexibility index (Phi) is 6.70. The number of hydrogen-bond donors (Lipinski definition) is 2. The van der Waals surface area contributed by atoms with E-state index >= 15 is 0 Å². The van der Waals surface area contributed by atoms with Crippen LogP contribution in [0.25, 0.3) is 6.08 Å². The number of nitrogens with one attached hydrogen (secondary N) is 2. The van der Waals surface area contributed by atoms with Crippen molar-refractivity contribution >= 4 is 24.3 Å². The van der Waals surface area contributed by atoms with Gasteiger partial charge in [-0.15, -0.1) is 0 Å². The Hall–Kier alpha value is -2.47. The highest BCUT2D eigenvalue weighted by molar-refractivity contribution is 6.03. The van der Waals surface area contributed by atoms with Crippen molar-refractivity contribution in [1.82, 2.24) is 15.5 Å². The van der Waals surface area contributed by atoms with E-state index in [-0.39, 0.29) is 13.2 Å². The van der Waals surface area contributed by atoms with E-state index in [1.165, 1.54) is 6.08 Å². The van der Waals surface area contributed by atoms with Gasteiger partial charge in [0, 0.05) is 6.08 Å². The van der Waals surface area contributed by atoms with Crippen molar-refractivity contribution < 1.29 is 14.4 Å². The third-order valence-corrected chi connectivity index (χ3v) is 2.40. The Morgan fingerprint density at radius 1 is 1.25 bits per heavy atom. The Balaban J connectivity index is 2.71. The minimum Gasteiger partial charge on any atom is -0.325 e. The summed E-state index contributed by atoms with van der Waals surface area (Å²) in [5, 5.41) is 5.17. The molecule has 6 heteroatoms. The topological polar surface area (TPSA) is 78.5 Å². The third kappa shape index (κ3) is 5.03. The molecule has 6 nitrogen and oxygen atoms in total. The average molecular weight is 275 g/mol. The second-order valence-corrected chi connectivity index (χ2v) is 3.87. The molecule has 0 saturated heterocycles. The standard InChI is InChI=1S/C14H17N3O3/c1-15-11-16-14(20)17(9-10-18)13(19)8-7-12-5-3-2-4-6-12/h2-8,10,15H,9,11H2,1H3,(H,16,20)/b8-7+. The van der Waals surface area contributed by atoms with Gasteiger partial charge in [-0.2, -0.15) is 0 Å². The van der Waals surface area contributed by atoms with Crippen LogP contribution in [0.15, 0.2) is 36.4 Å². The molecule has 3 amide bonds. The van der Waals surface area contributed by atoms with Gasteiger partial charge in [0.25, 0.3) is 5.91 Å². The Morgan fingerprint density at radius 3 is 2.55 bits per heavy atom. The lowest BCUT2D eigenvalue weighted by atomic mass is 10.2. The summed E-state index contributed by atoms with van der Waals surface area (Å²) in [5.41, 5.74) is 0.836. The monoisotopic (exact) mass is 275 g/mol. The molecule has 2 N–H and O–H groups in total. The number of imide groups is 1. The number of aldehydes is 1. The normalized spacial score (nSPS) is 10.2. The molecule has 0 spiro atoms. The minimum atomic E-state index is -0.617. The predicted molar refractivity (Wildman–Crippen MR) is 75.7 cm³/mol. The van der Waals surface area contributed by atoms with Crippen LogP contribution in [0, 0.1) is 0 Å². The van der Waals surface area contributed by atoms with E-state index in [0.717, 1.165) is 10.5 Å². The zero-order chi connectivity index (χ0) is 14.8. The van der Waals surface area contributed by atoms with Gasteiger partial charge in [0.15, 0.2) is 0 Å². The van der Waals surface area contributed by atoms with Gasteiger partial charge in [-0.25, -0.2) is 4.79 Å². The van der Waals surface area contributed by atoms with E-state index in [1.54, 1.807) is 13.1 Å². The molecule has 0 unspecified atom stereocenters. The molecule has 20 heavy (non-hydrogen) atoms. The van der Waals surface area contributed by atoms with Gasteiger partial charge < -0.3 is 15.4 Å². The van der Waals surface area contributed by atoms with Crippen LogP contribution in [-0.4, -0.2) is 43.4 Å². The van der Waals surface area contributed by atoms with Crippen LogP contribution in [0.3, 0.4) is 0 Å². The highest BCUT2D eigenvalue weighted by Crippen LogP contribution is 2.02. The van der Waals surface area contributed by atoms with E-state index in [1.807, 2.05) is 30.3 Å². The summed E-state index contributed by atoms with van der Waals surface area (Å²) < 4.78 is 0. The third-order valence-electron chi connectivity index (χ3n) is 2.40. The molecular weight excluding hydrogens is 258 g/mol. The number of rotatable bonds is 6. The van der Waals surface area contributed by atoms with Crippen LogP contribution in [0.1, 0.15) is 5.56 Å². The molecule has 0 heterocycles. The van der Waals surface area contributed by atoms with Gasteiger partial charge in [0.1, 0.15) is 6.29 Å². The number of urea groups is 1. The smallest absolute Gasteiger partial charge is 0.325 e. The molecule has 0 atom stereocenters. The molecule has 1 aromatic carbocycles. The number of carbonyl (C=O) groups excluding carboxylic acids is 3. The first-order chi connectivity index (χ1) is 9.69. The molecule has 0 aliphatic carbocycles. The molecule has 0 aliphatic rings. The van der Waals surface area contributed by atoms with Gasteiger partial charge >= 0.3 is 6.03 Å². The van der Waals surface area contributed by atoms with Crippen molar-refractivity contribution in [3.05, 3.63) is 42.0 Å². The molecule has 106 valence electrons. The SMILES string of the molecule is CNCNC(=O)N(CC=O)C(=O)/C=C/c1ccccc1. The summed E-state index contributed by atoms with van der Waals surface area (Å²) in [7, 11) is 1.65. The van der Waals surface area contributed by atoms with Crippen molar-refractivity contribution in [3.63, 3.8) is 0 Å². The number of hydrogen-bond acceptors (Lipinski definition) is 4. The lowest BCUT2D eigenvalue weighted by Crippen LogP contribution is -2.46. The quantitative estimate of drug-likeness (QED) is 0.453. The van der Waals surface area contributed by atoms with Gasteiger partial charge in [-0.1, -0.05) is 30.3 Å². The second kappa shape index (κ2) is 8.60. The van der Waals surface area contributed by atoms with Crippen LogP contribution in [-0.2, 0) is 9.59 Å². The lowest BCUT2D eigenvalue weighted by Gasteiger charge is -2.17. The predicted octanol–water partition coefficient (Wildman–Crippen LogP) is 0.614. The molecule has 0 saturated carbocycles. The Labute approximate surface area is 117 Å². The van der Waals surface area contributed by atoms with Crippen LogP contribution in [0.2, 0.25) is 0 Å². The first-order valence-corrected chi connectivity index (χ1v) is 6.09. The van der Waals surface area contributed by atoms with Crippen molar-refractivity contribution in [2.24, 2.45) is 0 Å². The fourth-order valence-electron chi connectivity index (χ4n) is 1.43. The summed E-state index contributed by atoms with van der Waals surface area (Å²) in [6.07, 6.45) is 3.36. The summed E-state index contributed by atoms with van der Waals surface area (Å²) in [5.74, 6) is -0.547. The van der Waals surface area contributed by atoms with E-state index in [0.29, 0.717) is 6.29 Å². The van der Waals surface area contributed by atoms with Gasteiger partial charge in [0.2, 0.25) is 0 Å². The van der Waals surface area contributed by atoms with Gasteiger partial charge in [0.05, 0.1) is 13.2 Å². The van der Waals surface area contributed by atoms with Crippen LogP contribution in [0.5, 0.6) is 0 Å². The van der Waals surface area contributed by atoms with Gasteiger partial charge in [-0.3, -0.25) is 9.69 Å². The largest absolute Gasteiger partial charge is 0.325 e. The molecule has 0 fully saturated rings. The first-order valence-electron chi connectivity index (χ1n) is 6.09. The molecule has 0 bridgehead atoms. The van der Waals surface area contributed by atoms with Crippen molar-refractivity contribution in [2.75, 3.05) is 20.3 Å². The maximum absolute atomic E-state index is 11.9. The maximum atomic E-state index is 11.9.